The summed E-state index contributed by atoms with van der Waals surface area (Å²) in [7, 11) is 4.22. The van der Waals surface area contributed by atoms with Crippen molar-refractivity contribution in [3.05, 3.63) is 60.7 Å². The first kappa shape index (κ1) is 32.3. The Kier molecular flexibility index (Phi) is 9.33. The minimum Gasteiger partial charge on any atom is -0.507 e. The normalized spacial score (nSPS) is 18.7. The van der Waals surface area contributed by atoms with Gasteiger partial charge in [-0.25, -0.2) is 0 Å². The molecule has 0 amide bonds. The molecule has 4 heterocycles. The zero-order chi connectivity index (χ0) is 33.1. The number of aromatic nitrogens is 4. The number of para-hydroxylation sites is 2. The third-order valence-corrected chi connectivity index (χ3v) is 9.34. The number of piperidine rings is 2. The maximum absolute atomic E-state index is 11.7. The minimum absolute atomic E-state index is 0.131. The molecule has 2 fully saturated rings. The molecule has 2 aliphatic heterocycles. The predicted octanol–water partition coefficient (Wildman–Crippen LogP) is 4.25. The van der Waals surface area contributed by atoms with E-state index in [0.29, 0.717) is 66.2 Å². The van der Waals surface area contributed by atoms with Gasteiger partial charge in [0.25, 0.3) is 0 Å². The molecule has 2 unspecified atom stereocenters. The zero-order valence-electron chi connectivity index (χ0n) is 27.4. The summed E-state index contributed by atoms with van der Waals surface area (Å²) < 4.78 is 6.40. The fourth-order valence-electron chi connectivity index (χ4n) is 6.92. The fraction of sp³-hybridized carbons (Fsp3) is 0.429. The molecule has 47 heavy (non-hydrogen) atoms. The smallest absolute Gasteiger partial charge is 0.208 e. The number of aromatic hydroxyl groups is 1. The van der Waals surface area contributed by atoms with Crippen molar-refractivity contribution in [1.82, 2.24) is 25.3 Å². The van der Waals surface area contributed by atoms with Crippen LogP contribution in [-0.4, -0.2) is 88.1 Å². The van der Waals surface area contributed by atoms with Crippen molar-refractivity contribution in [2.45, 2.75) is 38.4 Å². The van der Waals surface area contributed by atoms with Gasteiger partial charge in [0.05, 0.1) is 22.8 Å². The first-order chi connectivity index (χ1) is 22.6. The van der Waals surface area contributed by atoms with Crippen molar-refractivity contribution in [1.29, 1.82) is 0 Å². The lowest BCUT2D eigenvalue weighted by Crippen LogP contribution is -2.47. The maximum atomic E-state index is 11.7. The molecular weight excluding hydrogens is 594 g/mol. The number of nitrogens with zero attached hydrogens (tertiary/aromatic N) is 7. The number of nitrogen functional groups attached to an aromatic ring is 2. The van der Waals surface area contributed by atoms with Gasteiger partial charge in [-0.1, -0.05) is 24.3 Å². The second-order valence-electron chi connectivity index (χ2n) is 13.1. The van der Waals surface area contributed by atoms with Gasteiger partial charge in [0.15, 0.2) is 11.6 Å². The molecule has 2 saturated heterocycles. The quantitative estimate of drug-likeness (QED) is 0.193. The second kappa shape index (κ2) is 13.6. The molecule has 6 N–H and O–H groups in total. The Morgan fingerprint density at radius 3 is 2.09 bits per heavy atom. The maximum Gasteiger partial charge on any atom is 0.208 e. The van der Waals surface area contributed by atoms with E-state index in [-0.39, 0.29) is 11.7 Å². The highest BCUT2D eigenvalue weighted by molar-refractivity contribution is 5.75. The van der Waals surface area contributed by atoms with Crippen molar-refractivity contribution in [3.63, 3.8) is 0 Å². The molecule has 4 aromatic rings. The molecule has 2 aliphatic rings. The molecule has 2 atom stereocenters. The molecule has 0 saturated carbocycles. The Balaban J connectivity index is 1.16. The van der Waals surface area contributed by atoms with Crippen LogP contribution in [0.3, 0.4) is 0 Å². The molecule has 248 valence electrons. The summed E-state index contributed by atoms with van der Waals surface area (Å²) in [6, 6.07) is 18.5. The van der Waals surface area contributed by atoms with Crippen LogP contribution >= 0.6 is 0 Å². The van der Waals surface area contributed by atoms with Gasteiger partial charge in [-0.2, -0.15) is 0 Å². The average molecular weight is 640 g/mol. The van der Waals surface area contributed by atoms with Crippen molar-refractivity contribution >= 4 is 23.0 Å². The first-order valence-electron chi connectivity index (χ1n) is 16.3. The summed E-state index contributed by atoms with van der Waals surface area (Å²) in [5.74, 6) is 0.361. The highest BCUT2D eigenvalue weighted by Gasteiger charge is 2.38. The molecule has 0 spiro atoms. The third kappa shape index (κ3) is 7.18. The SMILES string of the molecule is CN(C)CC1CCCN(c2cc(-c3ccccc3OC(C)(O)C3CCN(c4cc(-c5ccccc5O)nnc4N)CC3)nnc2N)C1. The van der Waals surface area contributed by atoms with Crippen LogP contribution < -0.4 is 26.0 Å². The number of benzene rings is 2. The van der Waals surface area contributed by atoms with Gasteiger partial charge in [-0.3, -0.25) is 0 Å². The molecule has 6 rings (SSSR count). The van der Waals surface area contributed by atoms with E-state index >= 15 is 0 Å². The van der Waals surface area contributed by atoms with Gasteiger partial charge in [0, 0.05) is 56.7 Å². The zero-order valence-corrected chi connectivity index (χ0v) is 27.4. The molecule has 0 aliphatic carbocycles. The lowest BCUT2D eigenvalue weighted by molar-refractivity contribution is -0.167. The molecule has 2 aromatic heterocycles. The number of hydrogen-bond donors (Lipinski definition) is 4. The van der Waals surface area contributed by atoms with Crippen molar-refractivity contribution < 1.29 is 14.9 Å². The van der Waals surface area contributed by atoms with E-state index in [1.807, 2.05) is 42.5 Å². The van der Waals surface area contributed by atoms with Crippen LogP contribution in [0, 0.1) is 11.8 Å². The number of rotatable bonds is 9. The summed E-state index contributed by atoms with van der Waals surface area (Å²) in [5.41, 5.74) is 16.8. The van der Waals surface area contributed by atoms with E-state index < -0.39 is 5.79 Å². The van der Waals surface area contributed by atoms with Gasteiger partial charge in [0.2, 0.25) is 5.79 Å². The number of anilines is 4. The van der Waals surface area contributed by atoms with Gasteiger partial charge in [-0.15, -0.1) is 20.4 Å². The van der Waals surface area contributed by atoms with Crippen LogP contribution in [0.15, 0.2) is 60.7 Å². The van der Waals surface area contributed by atoms with Gasteiger partial charge in [-0.05, 0) is 82.1 Å². The molecular formula is C35H45N9O3. The van der Waals surface area contributed by atoms with Gasteiger partial charge >= 0.3 is 0 Å². The fourth-order valence-corrected chi connectivity index (χ4v) is 6.92. The highest BCUT2D eigenvalue weighted by atomic mass is 16.6. The minimum atomic E-state index is -1.44. The number of nitrogens with two attached hydrogens (primary N) is 2. The Labute approximate surface area is 276 Å². The molecule has 0 radical (unpaired) electrons. The Bertz CT molecular complexity index is 1690. The van der Waals surface area contributed by atoms with Gasteiger partial charge < -0.3 is 41.1 Å². The number of ether oxygens (including phenoxy) is 1. The van der Waals surface area contributed by atoms with Crippen LogP contribution in [0.2, 0.25) is 0 Å². The van der Waals surface area contributed by atoms with E-state index in [0.717, 1.165) is 43.0 Å². The number of phenols is 1. The largest absolute Gasteiger partial charge is 0.507 e. The Morgan fingerprint density at radius 1 is 0.830 bits per heavy atom. The summed E-state index contributed by atoms with van der Waals surface area (Å²) in [6.45, 7) is 5.86. The standard InChI is InChI=1S/C35H45N9O3/c1-35(46,24-14-17-43(18-15-24)29-19-27(38-40-33(29)36)25-10-4-6-12-31(25)45)47-32-13-7-5-11-26(32)28-20-30(34(37)41-39-28)44-16-8-9-23(22-44)21-42(2)3/h4-7,10-13,19-20,23-24,45-46H,8-9,14-18,21-22H2,1-3H3,(H2,36,40)(H2,37,41). The van der Waals surface area contributed by atoms with Crippen LogP contribution in [-0.2, 0) is 0 Å². The van der Waals surface area contributed by atoms with Crippen molar-refractivity contribution in [2.24, 2.45) is 11.8 Å². The number of aliphatic hydroxyl groups is 1. The summed E-state index contributed by atoms with van der Waals surface area (Å²) in [4.78, 5) is 6.69. The topological polar surface area (TPSA) is 163 Å². The molecule has 12 nitrogen and oxygen atoms in total. The molecule has 12 heteroatoms. The van der Waals surface area contributed by atoms with E-state index in [4.69, 9.17) is 16.2 Å². The number of hydrogen-bond acceptors (Lipinski definition) is 12. The monoisotopic (exact) mass is 639 g/mol. The van der Waals surface area contributed by atoms with E-state index in [2.05, 4.69) is 49.2 Å². The third-order valence-electron chi connectivity index (χ3n) is 9.34. The predicted molar refractivity (Wildman–Crippen MR) is 185 cm³/mol. The average Bonchev–Trinajstić information content (AvgIpc) is 3.06. The summed E-state index contributed by atoms with van der Waals surface area (Å²) >= 11 is 0. The van der Waals surface area contributed by atoms with Crippen LogP contribution in [0.5, 0.6) is 11.5 Å². The Hall–Kier alpha value is -4.68. The van der Waals surface area contributed by atoms with E-state index in [1.165, 1.54) is 6.42 Å². The highest BCUT2D eigenvalue weighted by Crippen LogP contribution is 2.39. The molecule has 0 bridgehead atoms. The number of phenolic OH excluding ortho intramolecular Hbond substituents is 1. The van der Waals surface area contributed by atoms with Crippen LogP contribution in [0.25, 0.3) is 22.5 Å². The summed E-state index contributed by atoms with van der Waals surface area (Å²) in [6.07, 6.45) is 3.62. The molecule has 2 aromatic carbocycles. The van der Waals surface area contributed by atoms with E-state index in [1.54, 1.807) is 25.1 Å². The van der Waals surface area contributed by atoms with Crippen LogP contribution in [0.4, 0.5) is 23.0 Å². The van der Waals surface area contributed by atoms with Gasteiger partial charge in [0.1, 0.15) is 11.5 Å². The Morgan fingerprint density at radius 2 is 1.43 bits per heavy atom. The summed E-state index contributed by atoms with van der Waals surface area (Å²) in [5, 5.41) is 39.2. The van der Waals surface area contributed by atoms with Crippen molar-refractivity contribution in [2.75, 3.05) is 68.1 Å². The lowest BCUT2D eigenvalue weighted by Gasteiger charge is -2.40. The van der Waals surface area contributed by atoms with Crippen molar-refractivity contribution in [3.8, 4) is 34.0 Å². The van der Waals surface area contributed by atoms with E-state index in [9.17, 15) is 10.2 Å². The lowest BCUT2D eigenvalue weighted by atomic mass is 9.89. The van der Waals surface area contributed by atoms with Crippen LogP contribution in [0.1, 0.15) is 32.6 Å². The second-order valence-corrected chi connectivity index (χ2v) is 13.1. The first-order valence-corrected chi connectivity index (χ1v) is 16.3.